The minimum absolute atomic E-state index is 0.136. The van der Waals surface area contributed by atoms with E-state index in [1.54, 1.807) is 6.07 Å². The summed E-state index contributed by atoms with van der Waals surface area (Å²) in [4.78, 5) is 11.9. The molecule has 0 saturated carbocycles. The van der Waals surface area contributed by atoms with Gasteiger partial charge in [-0.2, -0.15) is 10.5 Å². The van der Waals surface area contributed by atoms with E-state index in [1.807, 2.05) is 6.07 Å². The Morgan fingerprint density at radius 3 is 2.35 bits per heavy atom. The first-order valence-electron chi connectivity index (χ1n) is 5.65. The lowest BCUT2D eigenvalue weighted by Gasteiger charge is -2.06. The fraction of sp³-hybridized carbons (Fsp3) is 0. The van der Waals surface area contributed by atoms with Gasteiger partial charge in [-0.15, -0.1) is 0 Å². The van der Waals surface area contributed by atoms with Gasteiger partial charge in [0.2, 0.25) is 0 Å². The van der Waals surface area contributed by atoms with Crippen molar-refractivity contribution in [2.24, 2.45) is 0 Å². The van der Waals surface area contributed by atoms with Gasteiger partial charge in [-0.05, 0) is 42.5 Å². The van der Waals surface area contributed by atoms with E-state index in [1.165, 1.54) is 36.4 Å². The van der Waals surface area contributed by atoms with Crippen molar-refractivity contribution in [1.29, 1.82) is 10.5 Å². The highest BCUT2D eigenvalue weighted by Crippen LogP contribution is 2.15. The van der Waals surface area contributed by atoms with Gasteiger partial charge in [0, 0.05) is 11.3 Å². The van der Waals surface area contributed by atoms with Gasteiger partial charge in [-0.1, -0.05) is 0 Å². The molecule has 0 heterocycles. The van der Waals surface area contributed by atoms with Crippen LogP contribution in [0.1, 0.15) is 21.5 Å². The number of halogens is 1. The lowest BCUT2D eigenvalue weighted by atomic mass is 10.1. The molecule has 0 fully saturated rings. The molecule has 96 valence electrons. The number of nitrogens with zero attached hydrogens (tertiary/aromatic N) is 2. The molecular weight excluding hydrogens is 257 g/mol. The highest BCUT2D eigenvalue weighted by Gasteiger charge is 2.08. The molecular formula is C15H8FN3O. The van der Waals surface area contributed by atoms with Crippen LogP contribution in [0.2, 0.25) is 0 Å². The number of nitrogens with one attached hydrogen (secondary N) is 1. The molecule has 1 amide bonds. The molecule has 0 spiro atoms. The van der Waals surface area contributed by atoms with Crippen LogP contribution < -0.4 is 5.32 Å². The standard InChI is InChI=1S/C15H8FN3O/c16-14-6-5-13(7-12(14)9-18)19-15(20)11-3-1-10(8-17)2-4-11/h1-7H,(H,19,20). The number of amides is 1. The predicted molar refractivity (Wildman–Crippen MR) is 70.2 cm³/mol. The Balaban J connectivity index is 2.19. The molecule has 0 aliphatic carbocycles. The van der Waals surface area contributed by atoms with E-state index in [4.69, 9.17) is 10.5 Å². The lowest BCUT2D eigenvalue weighted by Crippen LogP contribution is -2.12. The molecule has 2 aromatic rings. The maximum Gasteiger partial charge on any atom is 0.255 e. The van der Waals surface area contributed by atoms with Crippen molar-refractivity contribution in [3.05, 3.63) is 65.0 Å². The van der Waals surface area contributed by atoms with Crippen molar-refractivity contribution in [3.8, 4) is 12.1 Å². The second-order valence-electron chi connectivity index (χ2n) is 3.95. The van der Waals surface area contributed by atoms with Crippen LogP contribution in [0.4, 0.5) is 10.1 Å². The van der Waals surface area contributed by atoms with Gasteiger partial charge in [0.25, 0.3) is 5.91 Å². The van der Waals surface area contributed by atoms with Crippen LogP contribution in [0.3, 0.4) is 0 Å². The minimum Gasteiger partial charge on any atom is -0.322 e. The quantitative estimate of drug-likeness (QED) is 0.906. The zero-order valence-electron chi connectivity index (χ0n) is 10.2. The largest absolute Gasteiger partial charge is 0.322 e. The average molecular weight is 265 g/mol. The Labute approximate surface area is 114 Å². The zero-order valence-corrected chi connectivity index (χ0v) is 10.2. The molecule has 0 atom stereocenters. The molecule has 5 heteroatoms. The molecule has 20 heavy (non-hydrogen) atoms. The molecule has 0 saturated heterocycles. The topological polar surface area (TPSA) is 76.7 Å². The van der Waals surface area contributed by atoms with Crippen LogP contribution in [-0.4, -0.2) is 5.91 Å². The van der Waals surface area contributed by atoms with Gasteiger partial charge in [0.05, 0.1) is 17.2 Å². The summed E-state index contributed by atoms with van der Waals surface area (Å²) in [5, 5.41) is 19.9. The number of hydrogen-bond donors (Lipinski definition) is 1. The monoisotopic (exact) mass is 265 g/mol. The second-order valence-corrected chi connectivity index (χ2v) is 3.95. The third-order valence-electron chi connectivity index (χ3n) is 2.62. The van der Waals surface area contributed by atoms with E-state index in [0.29, 0.717) is 16.8 Å². The maximum absolute atomic E-state index is 13.1. The summed E-state index contributed by atoms with van der Waals surface area (Å²) < 4.78 is 13.1. The first kappa shape index (κ1) is 13.3. The van der Waals surface area contributed by atoms with Gasteiger partial charge in [-0.3, -0.25) is 4.79 Å². The molecule has 4 nitrogen and oxygen atoms in total. The average Bonchev–Trinajstić information content (AvgIpc) is 2.49. The summed E-state index contributed by atoms with van der Waals surface area (Å²) in [6.07, 6.45) is 0. The van der Waals surface area contributed by atoms with Crippen molar-refractivity contribution in [1.82, 2.24) is 0 Å². The van der Waals surface area contributed by atoms with Crippen LogP contribution in [0.15, 0.2) is 42.5 Å². The molecule has 0 radical (unpaired) electrons. The summed E-state index contributed by atoms with van der Waals surface area (Å²) in [5.41, 5.74) is 1.02. The minimum atomic E-state index is -0.635. The highest BCUT2D eigenvalue weighted by atomic mass is 19.1. The van der Waals surface area contributed by atoms with Gasteiger partial charge < -0.3 is 5.32 Å². The first-order chi connectivity index (χ1) is 9.63. The van der Waals surface area contributed by atoms with Crippen molar-refractivity contribution >= 4 is 11.6 Å². The van der Waals surface area contributed by atoms with Crippen molar-refractivity contribution in [2.45, 2.75) is 0 Å². The summed E-state index contributed by atoms with van der Waals surface area (Å²) >= 11 is 0. The molecule has 1 N–H and O–H groups in total. The van der Waals surface area contributed by atoms with Crippen molar-refractivity contribution in [3.63, 3.8) is 0 Å². The van der Waals surface area contributed by atoms with Crippen molar-refractivity contribution in [2.75, 3.05) is 5.32 Å². The number of nitriles is 2. The number of carbonyl (C=O) groups excluding carboxylic acids is 1. The van der Waals surface area contributed by atoms with E-state index in [-0.39, 0.29) is 5.56 Å². The molecule has 0 aliphatic rings. The summed E-state index contributed by atoms with van der Waals surface area (Å²) in [6, 6.07) is 13.5. The van der Waals surface area contributed by atoms with E-state index >= 15 is 0 Å². The first-order valence-corrected chi connectivity index (χ1v) is 5.65. The Kier molecular flexibility index (Phi) is 3.74. The van der Waals surface area contributed by atoms with Gasteiger partial charge in [0.1, 0.15) is 11.9 Å². The number of rotatable bonds is 2. The van der Waals surface area contributed by atoms with Crippen LogP contribution in [-0.2, 0) is 0 Å². The number of benzene rings is 2. The molecule has 0 aromatic heterocycles. The second kappa shape index (κ2) is 5.64. The fourth-order valence-corrected chi connectivity index (χ4v) is 1.59. The van der Waals surface area contributed by atoms with Crippen LogP contribution in [0, 0.1) is 28.5 Å². The lowest BCUT2D eigenvalue weighted by molar-refractivity contribution is 0.102. The Morgan fingerprint density at radius 1 is 1.05 bits per heavy atom. The summed E-state index contributed by atoms with van der Waals surface area (Å²) in [5.74, 6) is -1.03. The van der Waals surface area contributed by atoms with Gasteiger partial charge in [0.15, 0.2) is 0 Å². The maximum atomic E-state index is 13.1. The molecule has 0 aliphatic heterocycles. The van der Waals surface area contributed by atoms with Gasteiger partial charge in [-0.25, -0.2) is 4.39 Å². The molecule has 2 aromatic carbocycles. The molecule has 2 rings (SSSR count). The predicted octanol–water partition coefficient (Wildman–Crippen LogP) is 2.82. The number of anilines is 1. The van der Waals surface area contributed by atoms with Crippen LogP contribution in [0.5, 0.6) is 0 Å². The zero-order chi connectivity index (χ0) is 14.5. The van der Waals surface area contributed by atoms with Crippen LogP contribution in [0.25, 0.3) is 0 Å². The smallest absolute Gasteiger partial charge is 0.255 e. The van der Waals surface area contributed by atoms with E-state index in [2.05, 4.69) is 5.32 Å². The van der Waals surface area contributed by atoms with E-state index < -0.39 is 11.7 Å². The Bertz CT molecular complexity index is 739. The Hall–Kier alpha value is -3.18. The number of carbonyl (C=O) groups is 1. The number of hydrogen-bond acceptors (Lipinski definition) is 3. The summed E-state index contributed by atoms with van der Waals surface area (Å²) in [7, 11) is 0. The normalized spacial score (nSPS) is 9.35. The van der Waals surface area contributed by atoms with E-state index in [0.717, 1.165) is 6.07 Å². The van der Waals surface area contributed by atoms with E-state index in [9.17, 15) is 9.18 Å². The SMILES string of the molecule is N#Cc1ccc(C(=O)Nc2ccc(F)c(C#N)c2)cc1. The molecule has 0 unspecified atom stereocenters. The molecule has 0 bridgehead atoms. The summed E-state index contributed by atoms with van der Waals surface area (Å²) in [6.45, 7) is 0. The fourth-order valence-electron chi connectivity index (χ4n) is 1.59. The van der Waals surface area contributed by atoms with Crippen LogP contribution >= 0.6 is 0 Å². The van der Waals surface area contributed by atoms with Crippen molar-refractivity contribution < 1.29 is 9.18 Å². The Morgan fingerprint density at radius 2 is 1.75 bits per heavy atom. The third-order valence-corrected chi connectivity index (χ3v) is 2.62. The van der Waals surface area contributed by atoms with Gasteiger partial charge >= 0.3 is 0 Å². The third kappa shape index (κ3) is 2.80. The highest BCUT2D eigenvalue weighted by molar-refractivity contribution is 6.04.